The van der Waals surface area contributed by atoms with E-state index < -0.39 is 0 Å². The third kappa shape index (κ3) is 2.81. The van der Waals surface area contributed by atoms with Crippen molar-refractivity contribution in [2.45, 2.75) is 0 Å². The summed E-state index contributed by atoms with van der Waals surface area (Å²) >= 11 is 0. The van der Waals surface area contributed by atoms with Crippen molar-refractivity contribution in [3.63, 3.8) is 0 Å². The molecule has 0 amide bonds. The first-order valence-electron chi connectivity index (χ1n) is 6.52. The molecule has 0 atom stereocenters. The van der Waals surface area contributed by atoms with Crippen molar-refractivity contribution in [1.29, 1.82) is 0 Å². The van der Waals surface area contributed by atoms with Crippen LogP contribution in [0.5, 0.6) is 0 Å². The Balaban J connectivity index is 0.000000121. The van der Waals surface area contributed by atoms with Gasteiger partial charge in [0.1, 0.15) is 6.33 Å². The third-order valence-electron chi connectivity index (χ3n) is 3.07. The largest absolute Gasteiger partial charge is 0.244 e. The van der Waals surface area contributed by atoms with Crippen molar-refractivity contribution >= 4 is 21.7 Å². The average Bonchev–Trinajstić information content (AvgIpc) is 2.56. The van der Waals surface area contributed by atoms with Crippen LogP contribution in [0.3, 0.4) is 0 Å². The molecule has 2 heteroatoms. The molecule has 0 aliphatic heterocycles. The smallest absolute Gasteiger partial charge is 0.116 e. The van der Waals surface area contributed by atoms with Crippen LogP contribution in [-0.2, 0) is 0 Å². The van der Waals surface area contributed by atoms with E-state index in [4.69, 9.17) is 0 Å². The lowest BCUT2D eigenvalue weighted by Crippen LogP contribution is -1.77. The molecule has 0 aliphatic carbocycles. The molecule has 0 saturated carbocycles. The molecule has 0 aliphatic rings. The molecule has 0 radical (unpaired) electrons. The molecule has 1 aromatic heterocycles. The predicted molar refractivity (Wildman–Crippen MR) is 83.5 cm³/mol. The minimum atomic E-state index is 0.998. The van der Waals surface area contributed by atoms with Crippen molar-refractivity contribution in [3.8, 4) is 0 Å². The van der Waals surface area contributed by atoms with E-state index in [9.17, 15) is 0 Å². The maximum Gasteiger partial charge on any atom is 0.116 e. The van der Waals surface area contributed by atoms with Gasteiger partial charge in [0.15, 0.2) is 0 Å². The summed E-state index contributed by atoms with van der Waals surface area (Å²) in [6.45, 7) is 0. The van der Waals surface area contributed by atoms with Gasteiger partial charge in [0.05, 0.1) is 5.52 Å². The highest BCUT2D eigenvalue weighted by molar-refractivity contribution is 5.82. The van der Waals surface area contributed by atoms with E-state index in [1.165, 1.54) is 10.8 Å². The number of nitrogens with zero attached hydrogens (tertiary/aromatic N) is 2. The van der Waals surface area contributed by atoms with Crippen LogP contribution in [0.1, 0.15) is 0 Å². The second-order valence-electron chi connectivity index (χ2n) is 4.43. The molecule has 3 aromatic carbocycles. The van der Waals surface area contributed by atoms with Gasteiger partial charge < -0.3 is 0 Å². The Morgan fingerprint density at radius 3 is 1.60 bits per heavy atom. The fraction of sp³-hybridized carbons (Fsp3) is 0. The van der Waals surface area contributed by atoms with Crippen molar-refractivity contribution in [3.05, 3.63) is 85.3 Å². The van der Waals surface area contributed by atoms with Crippen molar-refractivity contribution in [1.82, 2.24) is 9.97 Å². The Hall–Kier alpha value is -2.74. The van der Waals surface area contributed by atoms with Crippen molar-refractivity contribution in [2.75, 3.05) is 0 Å². The van der Waals surface area contributed by atoms with Crippen LogP contribution in [0.4, 0.5) is 0 Å². The quantitative estimate of drug-likeness (QED) is 0.465. The fourth-order valence-corrected chi connectivity index (χ4v) is 2.06. The van der Waals surface area contributed by atoms with Gasteiger partial charge >= 0.3 is 0 Å². The molecular weight excluding hydrogens is 244 g/mol. The number of fused-ring (bicyclic) bond motifs is 2. The van der Waals surface area contributed by atoms with Gasteiger partial charge in [-0.15, -0.1) is 0 Å². The van der Waals surface area contributed by atoms with E-state index in [1.54, 1.807) is 6.33 Å². The Labute approximate surface area is 117 Å². The standard InChI is InChI=1S/C10H8.C8H6N2/c1-2-6-10-8-4-3-7-9(10)5-1;1-2-4-8-7(3-1)5-9-6-10-8/h1-8H;1-6H. The van der Waals surface area contributed by atoms with Crippen LogP contribution in [0, 0.1) is 0 Å². The number of hydrogen-bond donors (Lipinski definition) is 0. The number of benzene rings is 3. The zero-order valence-corrected chi connectivity index (χ0v) is 11.0. The van der Waals surface area contributed by atoms with Crippen LogP contribution in [0.2, 0.25) is 0 Å². The Morgan fingerprint density at radius 1 is 0.550 bits per heavy atom. The van der Waals surface area contributed by atoms with E-state index in [0.29, 0.717) is 0 Å². The average molecular weight is 258 g/mol. The highest BCUT2D eigenvalue weighted by Gasteiger charge is 1.87. The van der Waals surface area contributed by atoms with E-state index in [1.807, 2.05) is 30.5 Å². The lowest BCUT2D eigenvalue weighted by Gasteiger charge is -1.92. The normalized spacial score (nSPS) is 10.0. The zero-order valence-electron chi connectivity index (χ0n) is 11.0. The van der Waals surface area contributed by atoms with Crippen LogP contribution < -0.4 is 0 Å². The molecule has 1 heterocycles. The number of aromatic nitrogens is 2. The Morgan fingerprint density at radius 2 is 1.05 bits per heavy atom. The summed E-state index contributed by atoms with van der Waals surface area (Å²) in [5, 5.41) is 3.71. The molecule has 4 aromatic rings. The summed E-state index contributed by atoms with van der Waals surface area (Å²) in [4.78, 5) is 7.97. The summed E-state index contributed by atoms with van der Waals surface area (Å²) in [5.41, 5.74) is 0.998. The summed E-state index contributed by atoms with van der Waals surface area (Å²) in [7, 11) is 0. The lowest BCUT2D eigenvalue weighted by molar-refractivity contribution is 1.22. The third-order valence-corrected chi connectivity index (χ3v) is 3.07. The summed E-state index contributed by atoms with van der Waals surface area (Å²) in [6, 6.07) is 24.6. The van der Waals surface area contributed by atoms with E-state index in [0.717, 1.165) is 10.9 Å². The zero-order chi connectivity index (χ0) is 13.6. The molecule has 0 saturated heterocycles. The highest BCUT2D eigenvalue weighted by Crippen LogP contribution is 2.11. The molecule has 0 bridgehead atoms. The van der Waals surface area contributed by atoms with Crippen LogP contribution in [0.25, 0.3) is 21.7 Å². The summed E-state index contributed by atoms with van der Waals surface area (Å²) in [6.07, 6.45) is 3.37. The van der Waals surface area contributed by atoms with Crippen LogP contribution in [0.15, 0.2) is 85.3 Å². The minimum Gasteiger partial charge on any atom is -0.244 e. The Kier molecular flexibility index (Phi) is 3.65. The van der Waals surface area contributed by atoms with Gasteiger partial charge in [0.25, 0.3) is 0 Å². The first-order valence-corrected chi connectivity index (χ1v) is 6.52. The number of rotatable bonds is 0. The molecular formula is C18H14N2. The lowest BCUT2D eigenvalue weighted by atomic mass is 10.1. The number of para-hydroxylation sites is 1. The fourth-order valence-electron chi connectivity index (χ4n) is 2.06. The van der Waals surface area contributed by atoms with Crippen molar-refractivity contribution in [2.24, 2.45) is 0 Å². The Bertz CT molecular complexity index is 623. The van der Waals surface area contributed by atoms with E-state index in [-0.39, 0.29) is 0 Å². The van der Waals surface area contributed by atoms with Gasteiger partial charge in [0.2, 0.25) is 0 Å². The molecule has 2 nitrogen and oxygen atoms in total. The minimum absolute atomic E-state index is 0.998. The van der Waals surface area contributed by atoms with Gasteiger partial charge in [-0.25, -0.2) is 9.97 Å². The second kappa shape index (κ2) is 5.93. The molecule has 0 unspecified atom stereocenters. The highest BCUT2D eigenvalue weighted by atomic mass is 14.8. The SMILES string of the molecule is c1ccc2ccccc2c1.c1ccc2ncncc2c1. The summed E-state index contributed by atoms with van der Waals surface area (Å²) < 4.78 is 0. The topological polar surface area (TPSA) is 25.8 Å². The predicted octanol–water partition coefficient (Wildman–Crippen LogP) is 4.47. The maximum absolute atomic E-state index is 4.07. The molecule has 96 valence electrons. The van der Waals surface area contributed by atoms with Gasteiger partial charge in [-0.2, -0.15) is 0 Å². The van der Waals surface area contributed by atoms with Crippen LogP contribution >= 0.6 is 0 Å². The van der Waals surface area contributed by atoms with Gasteiger partial charge in [-0.3, -0.25) is 0 Å². The molecule has 0 fully saturated rings. The maximum atomic E-state index is 4.07. The first-order chi connectivity index (χ1) is 9.93. The van der Waals surface area contributed by atoms with Crippen molar-refractivity contribution < 1.29 is 0 Å². The number of hydrogen-bond acceptors (Lipinski definition) is 2. The van der Waals surface area contributed by atoms with Gasteiger partial charge in [-0.1, -0.05) is 66.7 Å². The molecule has 0 N–H and O–H groups in total. The second-order valence-corrected chi connectivity index (χ2v) is 4.43. The van der Waals surface area contributed by atoms with E-state index in [2.05, 4.69) is 58.5 Å². The van der Waals surface area contributed by atoms with Gasteiger partial charge in [0, 0.05) is 11.6 Å². The monoisotopic (exact) mass is 258 g/mol. The van der Waals surface area contributed by atoms with Crippen LogP contribution in [-0.4, -0.2) is 9.97 Å². The molecule has 20 heavy (non-hydrogen) atoms. The molecule has 0 spiro atoms. The molecule has 4 rings (SSSR count). The first kappa shape index (κ1) is 12.3. The summed E-state index contributed by atoms with van der Waals surface area (Å²) in [5.74, 6) is 0. The van der Waals surface area contributed by atoms with Gasteiger partial charge in [-0.05, 0) is 16.8 Å². The van der Waals surface area contributed by atoms with E-state index >= 15 is 0 Å².